The quantitative estimate of drug-likeness (QED) is 0.718. The number of carbonyl (C=O) groups excluding carboxylic acids is 1. The highest BCUT2D eigenvalue weighted by molar-refractivity contribution is 7.92. The molecule has 0 aliphatic carbocycles. The summed E-state index contributed by atoms with van der Waals surface area (Å²) < 4.78 is 32.8. The highest BCUT2D eigenvalue weighted by Crippen LogP contribution is 2.31. The molecule has 0 fully saturated rings. The molecule has 29 heavy (non-hydrogen) atoms. The normalized spacial score (nSPS) is 14.9. The molecule has 3 rings (SSSR count). The topological polar surface area (TPSA) is 75.7 Å². The number of anilines is 1. The molecule has 0 spiro atoms. The van der Waals surface area contributed by atoms with Crippen LogP contribution in [0, 0.1) is 0 Å². The molecule has 1 aliphatic rings. The van der Waals surface area contributed by atoms with Crippen LogP contribution in [0.5, 0.6) is 0 Å². The molecular weight excluding hydrogens is 388 g/mol. The van der Waals surface area contributed by atoms with Crippen LogP contribution in [-0.4, -0.2) is 40.6 Å². The number of fused-ring (bicyclic) bond motifs is 1. The molecule has 6 nitrogen and oxygen atoms in total. The fraction of sp³-hybridized carbons (Fsp3) is 0.409. The van der Waals surface area contributed by atoms with Gasteiger partial charge in [0.15, 0.2) is 0 Å². The highest BCUT2D eigenvalue weighted by atomic mass is 32.2. The lowest BCUT2D eigenvalue weighted by Gasteiger charge is -2.30. The Balaban J connectivity index is 1.66. The maximum Gasteiger partial charge on any atom is 0.264 e. The van der Waals surface area contributed by atoms with Crippen LogP contribution in [0.15, 0.2) is 53.4 Å². The van der Waals surface area contributed by atoms with Crippen LogP contribution in [0.4, 0.5) is 5.69 Å². The van der Waals surface area contributed by atoms with Gasteiger partial charge in [0.25, 0.3) is 10.0 Å². The molecule has 2 aromatic carbocycles. The minimum Gasteiger partial charge on any atom is -0.383 e. The van der Waals surface area contributed by atoms with Crippen molar-refractivity contribution >= 4 is 21.6 Å². The summed E-state index contributed by atoms with van der Waals surface area (Å²) in [7, 11) is -2.01. The zero-order valence-electron chi connectivity index (χ0n) is 16.9. The van der Waals surface area contributed by atoms with E-state index < -0.39 is 10.0 Å². The molecule has 156 valence electrons. The van der Waals surface area contributed by atoms with Crippen molar-refractivity contribution < 1.29 is 17.9 Å². The monoisotopic (exact) mass is 416 g/mol. The van der Waals surface area contributed by atoms with E-state index in [2.05, 4.69) is 5.32 Å². The number of hydrogen-bond donors (Lipinski definition) is 1. The third-order valence-electron chi connectivity index (χ3n) is 5.04. The van der Waals surface area contributed by atoms with Crippen molar-refractivity contribution in [1.29, 1.82) is 0 Å². The number of rotatable bonds is 8. The predicted molar refractivity (Wildman–Crippen MR) is 114 cm³/mol. The van der Waals surface area contributed by atoms with E-state index in [1.54, 1.807) is 31.4 Å². The smallest absolute Gasteiger partial charge is 0.264 e. The first-order chi connectivity index (χ1) is 13.9. The largest absolute Gasteiger partial charge is 0.383 e. The second-order valence-electron chi connectivity index (χ2n) is 7.38. The Bertz CT molecular complexity index is 942. The first-order valence-corrected chi connectivity index (χ1v) is 11.3. The summed E-state index contributed by atoms with van der Waals surface area (Å²) in [6.45, 7) is 2.85. The van der Waals surface area contributed by atoms with E-state index in [-0.39, 0.29) is 16.8 Å². The van der Waals surface area contributed by atoms with Crippen LogP contribution in [0.3, 0.4) is 0 Å². The zero-order valence-corrected chi connectivity index (χ0v) is 17.7. The lowest BCUT2D eigenvalue weighted by Crippen LogP contribution is -2.35. The maximum absolute atomic E-state index is 13.2. The van der Waals surface area contributed by atoms with Gasteiger partial charge in [0, 0.05) is 26.1 Å². The summed E-state index contributed by atoms with van der Waals surface area (Å²) in [6.07, 6.45) is 2.61. The number of aryl methyl sites for hydroxylation is 2. The third kappa shape index (κ3) is 5.16. The van der Waals surface area contributed by atoms with Crippen molar-refractivity contribution in [3.8, 4) is 0 Å². The van der Waals surface area contributed by atoms with Crippen LogP contribution >= 0.6 is 0 Å². The number of methoxy groups -OCH3 is 1. The number of para-hydroxylation sites is 1. The first kappa shape index (κ1) is 21.3. The summed E-state index contributed by atoms with van der Waals surface area (Å²) in [5.41, 5.74) is 2.76. The van der Waals surface area contributed by atoms with Crippen molar-refractivity contribution in [1.82, 2.24) is 5.32 Å². The van der Waals surface area contributed by atoms with Gasteiger partial charge in [-0.2, -0.15) is 0 Å². The van der Waals surface area contributed by atoms with Gasteiger partial charge in [-0.1, -0.05) is 30.3 Å². The van der Waals surface area contributed by atoms with Crippen LogP contribution in [0.1, 0.15) is 30.9 Å². The third-order valence-corrected chi connectivity index (χ3v) is 6.87. The minimum absolute atomic E-state index is 0.0348. The Labute approximate surface area is 172 Å². The zero-order chi connectivity index (χ0) is 20.9. The molecule has 1 atom stereocenters. The number of amides is 1. The molecular formula is C22H28N2O4S. The van der Waals surface area contributed by atoms with Gasteiger partial charge in [0.2, 0.25) is 5.91 Å². The molecule has 7 heteroatoms. The average Bonchev–Trinajstić information content (AvgIpc) is 2.72. The van der Waals surface area contributed by atoms with Crippen molar-refractivity contribution in [2.75, 3.05) is 24.6 Å². The van der Waals surface area contributed by atoms with E-state index >= 15 is 0 Å². The van der Waals surface area contributed by atoms with Gasteiger partial charge >= 0.3 is 0 Å². The van der Waals surface area contributed by atoms with E-state index in [0.29, 0.717) is 26.0 Å². The molecule has 0 saturated carbocycles. The molecule has 1 amide bonds. The van der Waals surface area contributed by atoms with E-state index in [1.807, 2.05) is 31.2 Å². The highest BCUT2D eigenvalue weighted by Gasteiger charge is 2.28. The van der Waals surface area contributed by atoms with E-state index in [9.17, 15) is 13.2 Å². The predicted octanol–water partition coefficient (Wildman–Crippen LogP) is 2.91. The number of benzene rings is 2. The summed E-state index contributed by atoms with van der Waals surface area (Å²) in [5.74, 6) is -0.0452. The van der Waals surface area contributed by atoms with E-state index in [4.69, 9.17) is 4.74 Å². The molecule has 2 aromatic rings. The Kier molecular flexibility index (Phi) is 6.92. The summed E-state index contributed by atoms with van der Waals surface area (Å²) in [5, 5.41) is 2.87. The van der Waals surface area contributed by atoms with Crippen LogP contribution in [-0.2, 0) is 32.4 Å². The maximum atomic E-state index is 13.2. The van der Waals surface area contributed by atoms with Crippen LogP contribution in [0.25, 0.3) is 0 Å². The standard InChI is InChI=1S/C22H28N2O4S/c1-17(16-28-2)23-22(25)14-11-18-9-12-20(13-10-18)29(26,27)24-15-5-7-19-6-3-4-8-21(19)24/h3-4,6,8-10,12-13,17H,5,7,11,14-16H2,1-2H3,(H,23,25)/t17-/m1/s1. The van der Waals surface area contributed by atoms with Crippen molar-refractivity contribution in [2.24, 2.45) is 0 Å². The second-order valence-corrected chi connectivity index (χ2v) is 9.24. The summed E-state index contributed by atoms with van der Waals surface area (Å²) >= 11 is 0. The Morgan fingerprint density at radius 3 is 2.62 bits per heavy atom. The number of hydrogen-bond acceptors (Lipinski definition) is 4. The van der Waals surface area contributed by atoms with Crippen molar-refractivity contribution in [3.63, 3.8) is 0 Å². The second kappa shape index (κ2) is 9.41. The molecule has 0 saturated heterocycles. The first-order valence-electron chi connectivity index (χ1n) is 9.89. The molecule has 1 heterocycles. The Hall–Kier alpha value is -2.38. The number of nitrogens with one attached hydrogen (secondary N) is 1. The van der Waals surface area contributed by atoms with Gasteiger partial charge in [-0.05, 0) is 55.5 Å². The summed E-state index contributed by atoms with van der Waals surface area (Å²) in [4.78, 5) is 12.3. The molecule has 0 bridgehead atoms. The fourth-order valence-corrected chi connectivity index (χ4v) is 5.14. The van der Waals surface area contributed by atoms with Crippen molar-refractivity contribution in [3.05, 3.63) is 59.7 Å². The molecule has 0 radical (unpaired) electrons. The fourth-order valence-electron chi connectivity index (χ4n) is 3.60. The van der Waals surface area contributed by atoms with Gasteiger partial charge in [-0.3, -0.25) is 9.10 Å². The SMILES string of the molecule is COC[C@@H](C)NC(=O)CCc1ccc(S(=O)(=O)N2CCCc3ccccc32)cc1. The molecule has 0 unspecified atom stereocenters. The van der Waals surface area contributed by atoms with Crippen LogP contribution < -0.4 is 9.62 Å². The number of ether oxygens (including phenoxy) is 1. The van der Waals surface area contributed by atoms with Gasteiger partial charge in [0.05, 0.1) is 17.2 Å². The lowest BCUT2D eigenvalue weighted by molar-refractivity contribution is -0.122. The number of sulfonamides is 1. The average molecular weight is 417 g/mol. The van der Waals surface area contributed by atoms with Gasteiger partial charge in [-0.25, -0.2) is 8.42 Å². The molecule has 1 aliphatic heterocycles. The van der Waals surface area contributed by atoms with Gasteiger partial charge in [-0.15, -0.1) is 0 Å². The summed E-state index contributed by atoms with van der Waals surface area (Å²) in [6, 6.07) is 14.5. The van der Waals surface area contributed by atoms with Gasteiger partial charge < -0.3 is 10.1 Å². The number of nitrogens with zero attached hydrogens (tertiary/aromatic N) is 1. The van der Waals surface area contributed by atoms with E-state index in [1.165, 1.54) is 4.31 Å². The lowest BCUT2D eigenvalue weighted by atomic mass is 10.0. The molecule has 0 aromatic heterocycles. The van der Waals surface area contributed by atoms with E-state index in [0.717, 1.165) is 29.7 Å². The van der Waals surface area contributed by atoms with Gasteiger partial charge in [0.1, 0.15) is 0 Å². The Morgan fingerprint density at radius 1 is 1.17 bits per heavy atom. The van der Waals surface area contributed by atoms with Crippen LogP contribution in [0.2, 0.25) is 0 Å². The minimum atomic E-state index is -3.61. The van der Waals surface area contributed by atoms with Crippen molar-refractivity contribution in [2.45, 2.75) is 43.5 Å². The molecule has 1 N–H and O–H groups in total. The Morgan fingerprint density at radius 2 is 1.90 bits per heavy atom. The number of carbonyl (C=O) groups is 1.